The van der Waals surface area contributed by atoms with E-state index in [0.717, 1.165) is 16.8 Å². The standard InChI is InChI=1S/C36H41N3O7/c1-22-12-10-13-23(2)30(22)38-19-9-5-8-16-27(41)37-24(3)31(25-14-6-4-7-15-25)45-35(44)28-26-17-18-36(46-26)29(28)33(42)39(20-11-21-40)32(36)34(38)43/h4-7,9-10,12-15,17-18,24,26,28-29,31-32,40H,8,11,16,19-21H2,1-3H3,(H,37,41)/b9-5-/t24-,26+,28-,29-,31+,32+,36-/m0/s1. The molecule has 46 heavy (non-hydrogen) atoms. The maximum absolute atomic E-state index is 14.9. The number of anilines is 1. The van der Waals surface area contributed by atoms with Crippen LogP contribution in [-0.4, -0.2) is 77.2 Å². The third-order valence-electron chi connectivity index (χ3n) is 9.62. The average molecular weight is 628 g/mol. The number of esters is 1. The fourth-order valence-electron chi connectivity index (χ4n) is 7.59. The highest BCUT2D eigenvalue weighted by molar-refractivity contribution is 6.06. The molecule has 5 bridgehead atoms. The second-order valence-electron chi connectivity index (χ2n) is 12.6. The topological polar surface area (TPSA) is 125 Å². The van der Waals surface area contributed by atoms with Gasteiger partial charge in [0, 0.05) is 31.8 Å². The molecule has 2 aromatic rings. The molecule has 242 valence electrons. The first kappa shape index (κ1) is 31.7. The molecule has 0 aliphatic carbocycles. The van der Waals surface area contributed by atoms with E-state index in [0.29, 0.717) is 12.0 Å². The number of aliphatic hydroxyl groups is 1. The van der Waals surface area contributed by atoms with E-state index in [-0.39, 0.29) is 50.3 Å². The molecule has 10 nitrogen and oxygen atoms in total. The van der Waals surface area contributed by atoms with Crippen LogP contribution >= 0.6 is 0 Å². The Morgan fingerprint density at radius 1 is 0.978 bits per heavy atom. The molecule has 0 saturated carbocycles. The van der Waals surface area contributed by atoms with Crippen molar-refractivity contribution in [1.29, 1.82) is 0 Å². The molecule has 2 N–H and O–H groups in total. The van der Waals surface area contributed by atoms with Crippen molar-refractivity contribution in [3.63, 3.8) is 0 Å². The number of likely N-dealkylation sites (tertiary alicyclic amines) is 1. The van der Waals surface area contributed by atoms with Crippen molar-refractivity contribution in [2.45, 2.75) is 69.9 Å². The summed E-state index contributed by atoms with van der Waals surface area (Å²) >= 11 is 0. The van der Waals surface area contributed by atoms with Gasteiger partial charge in [-0.3, -0.25) is 19.2 Å². The summed E-state index contributed by atoms with van der Waals surface area (Å²) in [5.74, 6) is -3.53. The summed E-state index contributed by atoms with van der Waals surface area (Å²) in [6.45, 7) is 5.82. The summed E-state index contributed by atoms with van der Waals surface area (Å²) in [7, 11) is 0. The smallest absolute Gasteiger partial charge is 0.313 e. The van der Waals surface area contributed by atoms with E-state index in [1.165, 1.54) is 4.90 Å². The van der Waals surface area contributed by atoms with Crippen LogP contribution in [0.5, 0.6) is 0 Å². The van der Waals surface area contributed by atoms with Crippen LogP contribution < -0.4 is 10.2 Å². The van der Waals surface area contributed by atoms with Crippen LogP contribution in [0.15, 0.2) is 72.8 Å². The van der Waals surface area contributed by atoms with Gasteiger partial charge in [-0.15, -0.1) is 0 Å². The Bertz CT molecular complexity index is 1550. The zero-order valence-electron chi connectivity index (χ0n) is 26.4. The van der Waals surface area contributed by atoms with E-state index in [2.05, 4.69) is 5.32 Å². The SMILES string of the molecule is Cc1cccc(C)c1N1C/C=C\CCC(=O)N[C@@H](C)[C@H](c2ccccc2)OC(=O)[C@@H]2[C@H]3C(=O)N(CCCO)[C@H](C1=O)[C@]31C=C[C@H]2O1. The van der Waals surface area contributed by atoms with Crippen molar-refractivity contribution >= 4 is 29.4 Å². The average Bonchev–Trinajstić information content (AvgIpc) is 3.68. The van der Waals surface area contributed by atoms with Crippen LogP contribution in [0.2, 0.25) is 0 Å². The molecule has 4 aliphatic heterocycles. The molecule has 0 radical (unpaired) electrons. The number of aliphatic hydroxyl groups excluding tert-OH is 1. The second kappa shape index (κ2) is 12.8. The summed E-state index contributed by atoms with van der Waals surface area (Å²) in [6.07, 6.45) is 6.62. The Morgan fingerprint density at radius 3 is 2.43 bits per heavy atom. The minimum absolute atomic E-state index is 0.125. The first-order chi connectivity index (χ1) is 22.2. The van der Waals surface area contributed by atoms with E-state index in [9.17, 15) is 24.3 Å². The molecule has 4 heterocycles. The molecule has 4 aliphatic rings. The van der Waals surface area contributed by atoms with Gasteiger partial charge in [-0.05, 0) is 50.3 Å². The zero-order chi connectivity index (χ0) is 32.6. The first-order valence-electron chi connectivity index (χ1n) is 16.0. The Labute approximate surface area is 269 Å². The predicted molar refractivity (Wildman–Crippen MR) is 170 cm³/mol. The van der Waals surface area contributed by atoms with Gasteiger partial charge in [-0.25, -0.2) is 0 Å². The van der Waals surface area contributed by atoms with Crippen LogP contribution in [0.1, 0.15) is 49.0 Å². The van der Waals surface area contributed by atoms with E-state index in [1.807, 2.05) is 74.5 Å². The van der Waals surface area contributed by atoms with Crippen molar-refractivity contribution < 1.29 is 33.8 Å². The fourth-order valence-corrected chi connectivity index (χ4v) is 7.59. The van der Waals surface area contributed by atoms with E-state index in [4.69, 9.17) is 9.47 Å². The minimum Gasteiger partial charge on any atom is -0.455 e. The number of hydrogen-bond donors (Lipinski definition) is 2. The number of hydrogen-bond acceptors (Lipinski definition) is 7. The summed E-state index contributed by atoms with van der Waals surface area (Å²) in [5.41, 5.74) is 1.83. The lowest BCUT2D eigenvalue weighted by Gasteiger charge is -2.36. The number of ether oxygens (including phenoxy) is 2. The number of nitrogens with one attached hydrogen (secondary N) is 1. The van der Waals surface area contributed by atoms with Crippen molar-refractivity contribution in [2.75, 3.05) is 24.6 Å². The number of para-hydroxylation sites is 1. The molecule has 6 rings (SSSR count). The van der Waals surface area contributed by atoms with Gasteiger partial charge in [0.25, 0.3) is 5.91 Å². The highest BCUT2D eigenvalue weighted by atomic mass is 16.6. The third-order valence-corrected chi connectivity index (χ3v) is 9.62. The van der Waals surface area contributed by atoms with Gasteiger partial charge in [0.15, 0.2) is 0 Å². The van der Waals surface area contributed by atoms with Crippen molar-refractivity contribution in [2.24, 2.45) is 11.8 Å². The lowest BCUT2D eigenvalue weighted by molar-refractivity contribution is -0.161. The number of carbonyl (C=O) groups excluding carboxylic acids is 4. The number of fused-ring (bicyclic) bond motifs is 2. The molecule has 2 aromatic carbocycles. The van der Waals surface area contributed by atoms with Gasteiger partial charge in [0.2, 0.25) is 11.8 Å². The van der Waals surface area contributed by atoms with Gasteiger partial charge in [0.1, 0.15) is 23.7 Å². The molecule has 1 spiro atoms. The van der Waals surface area contributed by atoms with Crippen LogP contribution in [0, 0.1) is 25.7 Å². The number of amides is 3. The summed E-state index contributed by atoms with van der Waals surface area (Å²) in [6, 6.07) is 13.4. The third kappa shape index (κ3) is 5.43. The van der Waals surface area contributed by atoms with Crippen molar-refractivity contribution in [3.8, 4) is 0 Å². The van der Waals surface area contributed by atoms with Crippen LogP contribution in [-0.2, 0) is 28.7 Å². The van der Waals surface area contributed by atoms with Gasteiger partial charge < -0.3 is 29.7 Å². The van der Waals surface area contributed by atoms with E-state index < -0.39 is 47.7 Å². The van der Waals surface area contributed by atoms with Gasteiger partial charge in [-0.2, -0.15) is 0 Å². The summed E-state index contributed by atoms with van der Waals surface area (Å²) in [5, 5.41) is 12.7. The maximum Gasteiger partial charge on any atom is 0.313 e. The number of allylic oxidation sites excluding steroid dienone is 1. The van der Waals surface area contributed by atoms with Gasteiger partial charge >= 0.3 is 5.97 Å². The first-order valence-corrected chi connectivity index (χ1v) is 16.0. The Hall–Kier alpha value is -4.28. The largest absolute Gasteiger partial charge is 0.455 e. The summed E-state index contributed by atoms with van der Waals surface area (Å²) < 4.78 is 12.7. The zero-order valence-corrected chi connectivity index (χ0v) is 26.4. The van der Waals surface area contributed by atoms with Crippen LogP contribution in [0.4, 0.5) is 5.69 Å². The molecular formula is C36H41N3O7. The molecule has 10 heteroatoms. The lowest BCUT2D eigenvalue weighted by Crippen LogP contribution is -2.56. The van der Waals surface area contributed by atoms with E-state index >= 15 is 0 Å². The van der Waals surface area contributed by atoms with Gasteiger partial charge in [0.05, 0.1) is 18.1 Å². The molecule has 0 unspecified atom stereocenters. The number of aryl methyl sites for hydroxylation is 2. The highest BCUT2D eigenvalue weighted by Crippen LogP contribution is 2.56. The normalized spacial score (nSPS) is 32.0. The lowest BCUT2D eigenvalue weighted by atomic mass is 9.74. The molecule has 3 amide bonds. The highest BCUT2D eigenvalue weighted by Gasteiger charge is 2.73. The fraction of sp³-hybridized carbons (Fsp3) is 0.444. The minimum atomic E-state index is -1.38. The van der Waals surface area contributed by atoms with Crippen LogP contribution in [0.3, 0.4) is 0 Å². The Balaban J connectivity index is 1.46. The molecule has 7 atom stereocenters. The number of carbonyl (C=O) groups is 4. The van der Waals surface area contributed by atoms with Crippen molar-refractivity contribution in [1.82, 2.24) is 10.2 Å². The molecule has 2 saturated heterocycles. The quantitative estimate of drug-likeness (QED) is 0.385. The molecule has 2 fully saturated rings. The summed E-state index contributed by atoms with van der Waals surface area (Å²) in [4.78, 5) is 59.5. The molecule has 0 aromatic heterocycles. The number of nitrogens with zero attached hydrogens (tertiary/aromatic N) is 2. The van der Waals surface area contributed by atoms with Crippen LogP contribution in [0.25, 0.3) is 0 Å². The predicted octanol–water partition coefficient (Wildman–Crippen LogP) is 3.31. The maximum atomic E-state index is 14.9. The number of rotatable bonds is 5. The molecular weight excluding hydrogens is 586 g/mol. The van der Waals surface area contributed by atoms with Crippen molar-refractivity contribution in [3.05, 3.63) is 89.5 Å². The monoisotopic (exact) mass is 627 g/mol. The van der Waals surface area contributed by atoms with Gasteiger partial charge in [-0.1, -0.05) is 72.8 Å². The number of benzene rings is 2. The Morgan fingerprint density at radius 2 is 1.72 bits per heavy atom. The number of cyclic esters (lactones) is 1. The Kier molecular flexibility index (Phi) is 8.85. The van der Waals surface area contributed by atoms with E-state index in [1.54, 1.807) is 24.0 Å². The second-order valence-corrected chi connectivity index (χ2v) is 12.6.